The molecule has 3 N–H and O–H groups in total. The van der Waals surface area contributed by atoms with Gasteiger partial charge in [0.2, 0.25) is 0 Å². The Labute approximate surface area is 189 Å². The van der Waals surface area contributed by atoms with Crippen LogP contribution in [0.5, 0.6) is 0 Å². The summed E-state index contributed by atoms with van der Waals surface area (Å²) in [5.74, 6) is -2.99. The van der Waals surface area contributed by atoms with Gasteiger partial charge in [-0.3, -0.25) is 9.59 Å². The van der Waals surface area contributed by atoms with Gasteiger partial charge in [0.25, 0.3) is 0 Å². The zero-order chi connectivity index (χ0) is 23.6. The average Bonchev–Trinajstić information content (AvgIpc) is 2.77. The van der Waals surface area contributed by atoms with Crippen LogP contribution in [0.4, 0.5) is 4.39 Å². The number of halogens is 1. The summed E-state index contributed by atoms with van der Waals surface area (Å²) in [4.78, 5) is 22.8. The van der Waals surface area contributed by atoms with Gasteiger partial charge in [0.05, 0.1) is 0 Å². The highest BCUT2D eigenvalue weighted by atomic mass is 19.1. The highest BCUT2D eigenvalue weighted by molar-refractivity contribution is 5.98. The van der Waals surface area contributed by atoms with E-state index in [-0.39, 0.29) is 25.2 Å². The minimum absolute atomic E-state index is 0.000200. The lowest BCUT2D eigenvalue weighted by Crippen LogP contribution is -2.41. The first-order valence-corrected chi connectivity index (χ1v) is 11.4. The average molecular weight is 444 g/mol. The highest BCUT2D eigenvalue weighted by Crippen LogP contribution is 2.27. The lowest BCUT2D eigenvalue weighted by Gasteiger charge is -2.23. The molecule has 0 spiro atoms. The first-order valence-electron chi connectivity index (χ1n) is 11.4. The van der Waals surface area contributed by atoms with E-state index < -0.39 is 17.4 Å². The van der Waals surface area contributed by atoms with E-state index in [1.807, 2.05) is 18.2 Å². The van der Waals surface area contributed by atoms with Gasteiger partial charge in [-0.25, -0.2) is 4.39 Å². The predicted octanol–water partition coefficient (Wildman–Crippen LogP) is 5.66. The van der Waals surface area contributed by atoms with Gasteiger partial charge in [-0.15, -0.1) is 0 Å². The fourth-order valence-corrected chi connectivity index (χ4v) is 3.83. The molecule has 0 radical (unpaired) electrons. The fraction of sp³-hybridized carbons (Fsp3) is 0.462. The molecule has 0 aliphatic rings. The molecule has 0 saturated heterocycles. The van der Waals surface area contributed by atoms with Crippen molar-refractivity contribution in [1.29, 1.82) is 0 Å². The van der Waals surface area contributed by atoms with Gasteiger partial charge in [0.1, 0.15) is 5.82 Å². The van der Waals surface area contributed by atoms with Gasteiger partial charge in [-0.1, -0.05) is 69.5 Å². The van der Waals surface area contributed by atoms with Crippen LogP contribution in [0.3, 0.4) is 0 Å². The first kappa shape index (κ1) is 25.5. The number of unbranched alkanes of at least 4 members (excludes halogenated alkanes) is 3. The molecule has 0 amide bonds. The maximum absolute atomic E-state index is 14.7. The van der Waals surface area contributed by atoms with E-state index >= 15 is 0 Å². The van der Waals surface area contributed by atoms with E-state index in [1.165, 1.54) is 37.3 Å². The second kappa shape index (κ2) is 12.3. The van der Waals surface area contributed by atoms with Crippen LogP contribution in [-0.2, 0) is 22.6 Å². The smallest absolute Gasteiger partial charge is 0.321 e. The van der Waals surface area contributed by atoms with Gasteiger partial charge in [-0.2, -0.15) is 0 Å². The largest absolute Gasteiger partial charge is 0.480 e. The minimum Gasteiger partial charge on any atom is -0.480 e. The zero-order valence-corrected chi connectivity index (χ0v) is 19.0. The predicted molar refractivity (Wildman–Crippen MR) is 124 cm³/mol. The Morgan fingerprint density at radius 1 is 0.938 bits per heavy atom. The van der Waals surface area contributed by atoms with Gasteiger partial charge < -0.3 is 15.5 Å². The van der Waals surface area contributed by atoms with Gasteiger partial charge in [-0.05, 0) is 55.0 Å². The molecule has 0 saturated carbocycles. The van der Waals surface area contributed by atoms with Crippen molar-refractivity contribution >= 4 is 11.9 Å². The van der Waals surface area contributed by atoms with Gasteiger partial charge in [0, 0.05) is 12.1 Å². The van der Waals surface area contributed by atoms with Crippen LogP contribution >= 0.6 is 0 Å². The van der Waals surface area contributed by atoms with Crippen molar-refractivity contribution in [2.24, 2.45) is 5.41 Å². The maximum Gasteiger partial charge on any atom is 0.321 e. The molecule has 0 heterocycles. The molecular formula is C26H34FNO4. The third kappa shape index (κ3) is 6.63. The van der Waals surface area contributed by atoms with Crippen molar-refractivity contribution in [3.63, 3.8) is 0 Å². The molecular weight excluding hydrogens is 409 g/mol. The van der Waals surface area contributed by atoms with Crippen molar-refractivity contribution in [2.45, 2.75) is 65.3 Å². The number of carboxylic acids is 2. The summed E-state index contributed by atoms with van der Waals surface area (Å²) in [6, 6.07) is 13.0. The van der Waals surface area contributed by atoms with Crippen LogP contribution in [-0.4, -0.2) is 28.7 Å². The van der Waals surface area contributed by atoms with Crippen molar-refractivity contribution in [3.05, 3.63) is 59.4 Å². The molecule has 0 fully saturated rings. The minimum atomic E-state index is -1.80. The topological polar surface area (TPSA) is 86.6 Å². The van der Waals surface area contributed by atoms with Crippen molar-refractivity contribution in [1.82, 2.24) is 5.32 Å². The van der Waals surface area contributed by atoms with Crippen LogP contribution in [0, 0.1) is 11.2 Å². The Morgan fingerprint density at radius 3 is 2.16 bits per heavy atom. The van der Waals surface area contributed by atoms with Gasteiger partial charge in [0.15, 0.2) is 5.41 Å². The molecule has 0 aliphatic carbocycles. The molecule has 2 aromatic rings. The van der Waals surface area contributed by atoms with Crippen LogP contribution in [0.15, 0.2) is 42.5 Å². The van der Waals surface area contributed by atoms with Crippen molar-refractivity contribution in [3.8, 4) is 11.1 Å². The number of hydrogen-bond donors (Lipinski definition) is 3. The molecule has 0 aromatic heterocycles. The Balaban J connectivity index is 1.93. The molecule has 0 aliphatic heterocycles. The molecule has 6 heteroatoms. The van der Waals surface area contributed by atoms with Crippen LogP contribution in [0.2, 0.25) is 0 Å². The SMILES string of the molecule is CCCCCCc1ccc(-c2ccc(CNCCC(CC)(C(=O)O)C(=O)O)cc2F)cc1. The molecule has 0 atom stereocenters. The third-order valence-corrected chi connectivity index (χ3v) is 6.10. The molecule has 0 bridgehead atoms. The highest BCUT2D eigenvalue weighted by Gasteiger charge is 2.44. The Bertz CT molecular complexity index is 881. The van der Waals surface area contributed by atoms with Crippen molar-refractivity contribution < 1.29 is 24.2 Å². The van der Waals surface area contributed by atoms with E-state index in [2.05, 4.69) is 24.4 Å². The standard InChI is InChI=1S/C26H34FNO4/c1-3-5-6-7-8-19-9-12-21(13-10-19)22-14-11-20(17-23(22)27)18-28-16-15-26(4-2,24(29)30)25(31)32/h9-14,17,28H,3-8,15-16,18H2,1-2H3,(H,29,30)(H,31,32). The number of aryl methyl sites for hydroxylation is 1. The summed E-state index contributed by atoms with van der Waals surface area (Å²) >= 11 is 0. The summed E-state index contributed by atoms with van der Waals surface area (Å²) in [7, 11) is 0. The molecule has 5 nitrogen and oxygen atoms in total. The van der Waals surface area contributed by atoms with E-state index in [0.717, 1.165) is 12.0 Å². The van der Waals surface area contributed by atoms with Crippen LogP contribution < -0.4 is 5.32 Å². The van der Waals surface area contributed by atoms with Crippen molar-refractivity contribution in [2.75, 3.05) is 6.54 Å². The van der Waals surface area contributed by atoms with Crippen LogP contribution in [0.1, 0.15) is 63.5 Å². The van der Waals surface area contributed by atoms with E-state index in [9.17, 15) is 24.2 Å². The third-order valence-electron chi connectivity index (χ3n) is 6.10. The Hall–Kier alpha value is -2.73. The first-order chi connectivity index (χ1) is 15.3. The number of benzene rings is 2. The molecule has 174 valence electrons. The van der Waals surface area contributed by atoms with Gasteiger partial charge >= 0.3 is 11.9 Å². The molecule has 32 heavy (non-hydrogen) atoms. The second-order valence-electron chi connectivity index (χ2n) is 8.29. The van der Waals surface area contributed by atoms with E-state index in [1.54, 1.807) is 13.0 Å². The van der Waals surface area contributed by atoms with Crippen LogP contribution in [0.25, 0.3) is 11.1 Å². The molecule has 2 aromatic carbocycles. The number of aliphatic carboxylic acids is 2. The summed E-state index contributed by atoms with van der Waals surface area (Å²) in [6.07, 6.45) is 5.86. The lowest BCUT2D eigenvalue weighted by molar-refractivity contribution is -0.165. The summed E-state index contributed by atoms with van der Waals surface area (Å²) < 4.78 is 14.7. The Morgan fingerprint density at radius 2 is 1.59 bits per heavy atom. The Kier molecular flexibility index (Phi) is 9.85. The zero-order valence-electron chi connectivity index (χ0n) is 19.0. The normalized spacial score (nSPS) is 11.5. The lowest BCUT2D eigenvalue weighted by atomic mass is 9.82. The maximum atomic E-state index is 14.7. The number of carboxylic acid groups (broad SMARTS) is 2. The quantitative estimate of drug-likeness (QED) is 0.259. The fourth-order valence-electron chi connectivity index (χ4n) is 3.83. The molecule has 0 unspecified atom stereocenters. The number of nitrogens with one attached hydrogen (secondary N) is 1. The molecule has 2 rings (SSSR count). The summed E-state index contributed by atoms with van der Waals surface area (Å²) in [6.45, 7) is 4.28. The number of rotatable bonds is 14. The number of carbonyl (C=O) groups is 2. The van der Waals surface area contributed by atoms with E-state index in [0.29, 0.717) is 17.7 Å². The number of hydrogen-bond acceptors (Lipinski definition) is 3. The summed E-state index contributed by atoms with van der Waals surface area (Å²) in [5.41, 5.74) is 1.54. The van der Waals surface area contributed by atoms with E-state index in [4.69, 9.17) is 0 Å². The second-order valence-corrected chi connectivity index (χ2v) is 8.29. The monoisotopic (exact) mass is 443 g/mol. The summed E-state index contributed by atoms with van der Waals surface area (Å²) in [5, 5.41) is 21.6.